The van der Waals surface area contributed by atoms with E-state index in [1.165, 1.54) is 12.1 Å². The van der Waals surface area contributed by atoms with Crippen molar-refractivity contribution >= 4 is 21.9 Å². The number of aromatic nitrogens is 1. The molecule has 0 amide bonds. The summed E-state index contributed by atoms with van der Waals surface area (Å²) in [4.78, 5) is 15.9. The molecule has 0 fully saturated rings. The Balaban J connectivity index is 0.000000696. The second-order valence-electron chi connectivity index (χ2n) is 6.34. The van der Waals surface area contributed by atoms with E-state index in [1.807, 2.05) is 21.1 Å². The monoisotopic (exact) mass is 425 g/mol. The van der Waals surface area contributed by atoms with Gasteiger partial charge >= 0.3 is 5.97 Å². The Labute approximate surface area is 158 Å². The second kappa shape index (κ2) is 8.63. The number of rotatable bonds is 3. The number of hydrogen-bond donors (Lipinski definition) is 1. The smallest absolute Gasteiger partial charge is 0.345 e. The fraction of sp³-hybridized carbons (Fsp3) is 0.250. The van der Waals surface area contributed by atoms with Gasteiger partial charge in [0.15, 0.2) is 11.6 Å². The number of benzene rings is 1. The minimum atomic E-state index is -3.67. The Kier molecular flexibility index (Phi) is 7.23. The lowest BCUT2D eigenvalue weighted by Gasteiger charge is -2.21. The third kappa shape index (κ3) is 6.87. The molecular weight excluding hydrogens is 408 g/mol. The average Bonchev–Trinajstić information content (AvgIpc) is 2.54. The molecule has 1 N–H and O–H groups in total. The summed E-state index contributed by atoms with van der Waals surface area (Å²) in [5, 5.41) is 0. The van der Waals surface area contributed by atoms with E-state index in [2.05, 4.69) is 9.72 Å². The van der Waals surface area contributed by atoms with Crippen molar-refractivity contribution in [3.8, 4) is 5.75 Å². The molecule has 7 nitrogen and oxygen atoms in total. The van der Waals surface area contributed by atoms with Crippen LogP contribution in [0, 0.1) is 23.3 Å². The number of halogens is 4. The summed E-state index contributed by atoms with van der Waals surface area (Å²) in [5.74, 6) is -8.89. The number of pyridine rings is 1. The van der Waals surface area contributed by atoms with Gasteiger partial charge in [0.05, 0.1) is 33.0 Å². The maximum Gasteiger partial charge on any atom is 0.345 e. The summed E-state index contributed by atoms with van der Waals surface area (Å²) in [6.45, 7) is 0. The van der Waals surface area contributed by atoms with Crippen LogP contribution < -0.4 is 9.22 Å². The molecule has 0 atom stereocenters. The Hall–Kier alpha value is -2.57. The van der Waals surface area contributed by atoms with Crippen molar-refractivity contribution in [1.29, 1.82) is 0 Å². The number of ether oxygens (including phenoxy) is 1. The highest BCUT2D eigenvalue weighted by molar-refractivity contribution is 7.85. The highest BCUT2D eigenvalue weighted by atomic mass is 32.2. The van der Waals surface area contributed by atoms with Crippen molar-refractivity contribution in [1.82, 2.24) is 9.47 Å². The van der Waals surface area contributed by atoms with Crippen molar-refractivity contribution in [2.45, 2.75) is 0 Å². The average molecular weight is 425 g/mol. The Morgan fingerprint density at radius 2 is 1.54 bits per heavy atom. The van der Waals surface area contributed by atoms with Crippen LogP contribution in [0.4, 0.5) is 23.4 Å². The summed E-state index contributed by atoms with van der Waals surface area (Å²) >= 11 is 0. The van der Waals surface area contributed by atoms with Crippen molar-refractivity contribution in [3.63, 3.8) is 0 Å². The van der Waals surface area contributed by atoms with E-state index < -0.39 is 45.1 Å². The molecular formula is C16H17F4N2O5S+. The van der Waals surface area contributed by atoms with Crippen LogP contribution in [0.2, 0.25) is 0 Å². The van der Waals surface area contributed by atoms with Crippen molar-refractivity contribution in [2.24, 2.45) is 0 Å². The largest absolute Gasteiger partial charge is 0.416 e. The van der Waals surface area contributed by atoms with Crippen molar-refractivity contribution < 1.29 is 40.1 Å². The topological polar surface area (TPSA) is 93.6 Å². The molecule has 0 unspecified atom stereocenters. The lowest BCUT2D eigenvalue weighted by Crippen LogP contribution is -2.35. The Morgan fingerprint density at radius 3 is 1.89 bits per heavy atom. The zero-order valence-corrected chi connectivity index (χ0v) is 16.0. The molecule has 0 saturated carbocycles. The summed E-state index contributed by atoms with van der Waals surface area (Å²) in [6.07, 6.45) is 1.86. The predicted molar refractivity (Wildman–Crippen MR) is 92.5 cm³/mol. The van der Waals surface area contributed by atoms with Crippen LogP contribution in [0.15, 0.2) is 24.4 Å². The van der Waals surface area contributed by atoms with Crippen LogP contribution in [0.5, 0.6) is 5.75 Å². The first-order valence-corrected chi connectivity index (χ1v) is 9.21. The van der Waals surface area contributed by atoms with Gasteiger partial charge in [-0.15, -0.1) is 0 Å². The lowest BCUT2D eigenvalue weighted by molar-refractivity contribution is 0.0717. The van der Waals surface area contributed by atoms with Gasteiger partial charge in [0.25, 0.3) is 10.1 Å². The van der Waals surface area contributed by atoms with Crippen LogP contribution >= 0.6 is 0 Å². The van der Waals surface area contributed by atoms with Gasteiger partial charge in [-0.1, -0.05) is 0 Å². The van der Waals surface area contributed by atoms with Crippen LogP contribution in [0.3, 0.4) is 0 Å². The van der Waals surface area contributed by atoms with E-state index in [1.54, 1.807) is 0 Å². The van der Waals surface area contributed by atoms with Gasteiger partial charge in [-0.2, -0.15) is 17.2 Å². The van der Waals surface area contributed by atoms with E-state index in [-0.39, 0.29) is 11.6 Å². The second-order valence-corrected chi connectivity index (χ2v) is 7.80. The number of carbonyl (C=O) groups is 1. The molecule has 154 valence electrons. The molecule has 0 radical (unpaired) electrons. The number of esters is 1. The van der Waals surface area contributed by atoms with Crippen LogP contribution in [0.1, 0.15) is 10.4 Å². The first-order valence-electron chi connectivity index (χ1n) is 7.37. The zero-order valence-electron chi connectivity index (χ0n) is 15.2. The SMILES string of the molecule is CS(=O)(=O)O.C[N+](C)(C)c1ccc(C(=O)Oc2c(F)c(F)cc(F)c2F)cn1. The fourth-order valence-corrected chi connectivity index (χ4v) is 1.70. The van der Waals surface area contributed by atoms with E-state index in [9.17, 15) is 30.8 Å². The minimum absolute atomic E-state index is 0.0274. The quantitative estimate of drug-likeness (QED) is 0.203. The normalized spacial score (nSPS) is 11.5. The first kappa shape index (κ1) is 23.5. The molecule has 0 spiro atoms. The van der Waals surface area contributed by atoms with Gasteiger partial charge in [0.1, 0.15) is 0 Å². The summed E-state index contributed by atoms with van der Waals surface area (Å²) < 4.78 is 83.7. The standard InChI is InChI=1S/C15H13F4N2O2.CH4O3S/c1-21(2,3)11-5-4-8(7-20-11)15(22)23-14-12(18)9(16)6-10(17)13(14)19;1-5(2,3)4/h4-7H,1-3H3;1H3,(H,2,3,4)/q+1;. The molecule has 0 aliphatic carbocycles. The van der Waals surface area contributed by atoms with Gasteiger partial charge in [-0.3, -0.25) is 9.04 Å². The van der Waals surface area contributed by atoms with Crippen LogP contribution in [-0.2, 0) is 10.1 Å². The van der Waals surface area contributed by atoms with Gasteiger partial charge in [0.2, 0.25) is 23.2 Å². The highest BCUT2D eigenvalue weighted by Crippen LogP contribution is 2.27. The number of hydrogen-bond acceptors (Lipinski definition) is 5. The van der Waals surface area contributed by atoms with Crippen molar-refractivity contribution in [2.75, 3.05) is 27.4 Å². The van der Waals surface area contributed by atoms with E-state index >= 15 is 0 Å². The highest BCUT2D eigenvalue weighted by Gasteiger charge is 2.24. The molecule has 28 heavy (non-hydrogen) atoms. The summed E-state index contributed by atoms with van der Waals surface area (Å²) in [6, 6.07) is 2.88. The molecule has 1 aromatic heterocycles. The van der Waals surface area contributed by atoms with Gasteiger partial charge in [-0.25, -0.2) is 18.6 Å². The fourth-order valence-electron chi connectivity index (χ4n) is 1.70. The molecule has 1 heterocycles. The van der Waals surface area contributed by atoms with Crippen molar-refractivity contribution in [3.05, 3.63) is 53.2 Å². The zero-order chi connectivity index (χ0) is 21.9. The third-order valence-corrected chi connectivity index (χ3v) is 2.94. The Bertz CT molecular complexity index is 940. The van der Waals surface area contributed by atoms with E-state index in [0.717, 1.165) is 6.20 Å². The number of carbonyl (C=O) groups excluding carboxylic acids is 1. The Morgan fingerprint density at radius 1 is 1.07 bits per heavy atom. The molecule has 0 aliphatic rings. The van der Waals surface area contributed by atoms with Gasteiger partial charge in [0, 0.05) is 18.3 Å². The van der Waals surface area contributed by atoms with E-state index in [0.29, 0.717) is 16.6 Å². The maximum absolute atomic E-state index is 13.5. The molecule has 0 saturated heterocycles. The summed E-state index contributed by atoms with van der Waals surface area (Å²) in [5.41, 5.74) is -0.120. The minimum Gasteiger partial charge on any atom is -0.416 e. The first-order chi connectivity index (χ1) is 12.6. The molecule has 0 aliphatic heterocycles. The van der Waals surface area contributed by atoms with E-state index in [4.69, 9.17) is 4.55 Å². The molecule has 1 aromatic carbocycles. The van der Waals surface area contributed by atoms with Crippen LogP contribution in [0.25, 0.3) is 0 Å². The molecule has 12 heteroatoms. The molecule has 2 aromatic rings. The summed E-state index contributed by atoms with van der Waals surface area (Å²) in [7, 11) is 1.88. The van der Waals surface area contributed by atoms with Gasteiger partial charge in [-0.05, 0) is 6.07 Å². The molecule has 2 rings (SSSR count). The number of quaternary nitrogens is 1. The predicted octanol–water partition coefficient (Wildman–Crippen LogP) is 2.56. The lowest BCUT2D eigenvalue weighted by atomic mass is 10.2. The number of nitrogens with zero attached hydrogens (tertiary/aromatic N) is 2. The molecule has 0 bridgehead atoms. The maximum atomic E-state index is 13.5. The third-order valence-electron chi connectivity index (χ3n) is 2.94. The van der Waals surface area contributed by atoms with Gasteiger partial charge < -0.3 is 4.74 Å². The van der Waals surface area contributed by atoms with Crippen LogP contribution in [-0.4, -0.2) is 51.3 Å².